The van der Waals surface area contributed by atoms with Crippen LogP contribution in [0.2, 0.25) is 0 Å². The van der Waals surface area contributed by atoms with Crippen molar-refractivity contribution < 1.29 is 14.3 Å². The summed E-state index contributed by atoms with van der Waals surface area (Å²) in [5.74, 6) is 0.258. The highest BCUT2D eigenvalue weighted by molar-refractivity contribution is 7.99. The molecule has 0 aromatic carbocycles. The van der Waals surface area contributed by atoms with E-state index >= 15 is 0 Å². The normalized spacial score (nSPS) is 17.3. The molecule has 0 unspecified atom stereocenters. The monoisotopic (exact) mass is 296 g/mol. The molecule has 0 bridgehead atoms. The van der Waals surface area contributed by atoms with E-state index in [4.69, 9.17) is 4.74 Å². The predicted molar refractivity (Wildman–Crippen MR) is 73.0 cm³/mol. The van der Waals surface area contributed by atoms with Crippen LogP contribution in [0.1, 0.15) is 20.3 Å². The van der Waals surface area contributed by atoms with Crippen molar-refractivity contribution in [2.45, 2.75) is 31.0 Å². The minimum atomic E-state index is -0.632. The van der Waals surface area contributed by atoms with Gasteiger partial charge in [-0.05, 0) is 13.8 Å². The van der Waals surface area contributed by atoms with Crippen LogP contribution in [0.3, 0.4) is 0 Å². The third kappa shape index (κ3) is 4.09. The van der Waals surface area contributed by atoms with Crippen molar-refractivity contribution in [3.63, 3.8) is 0 Å². The Morgan fingerprint density at radius 3 is 3.05 bits per heavy atom. The van der Waals surface area contributed by atoms with Gasteiger partial charge in [-0.2, -0.15) is 5.10 Å². The highest BCUT2D eigenvalue weighted by atomic mass is 32.2. The third-order valence-corrected chi connectivity index (χ3v) is 3.40. The molecular formula is C12H16N4O3S. The maximum atomic E-state index is 11.9. The van der Waals surface area contributed by atoms with Crippen molar-refractivity contribution in [2.24, 2.45) is 0 Å². The number of ketones is 1. The summed E-state index contributed by atoms with van der Waals surface area (Å²) in [5.41, 5.74) is -0.632. The van der Waals surface area contributed by atoms with E-state index in [-0.39, 0.29) is 23.9 Å². The van der Waals surface area contributed by atoms with Crippen molar-refractivity contribution in [1.82, 2.24) is 20.5 Å². The summed E-state index contributed by atoms with van der Waals surface area (Å²) in [6, 6.07) is 0. The molecule has 2 N–H and O–H groups in total. The van der Waals surface area contributed by atoms with Crippen LogP contribution in [0.25, 0.3) is 0 Å². The fourth-order valence-electron chi connectivity index (χ4n) is 1.76. The van der Waals surface area contributed by atoms with Crippen LogP contribution >= 0.6 is 11.8 Å². The molecule has 0 fully saturated rings. The van der Waals surface area contributed by atoms with Crippen LogP contribution in [-0.4, -0.2) is 44.8 Å². The topological polar surface area (TPSA) is 97.0 Å². The Kier molecular flexibility index (Phi) is 4.43. The molecule has 0 saturated heterocycles. The van der Waals surface area contributed by atoms with Crippen LogP contribution in [0, 0.1) is 0 Å². The van der Waals surface area contributed by atoms with Gasteiger partial charge >= 0.3 is 0 Å². The molecule has 1 amide bonds. The first kappa shape index (κ1) is 14.6. The Balaban J connectivity index is 1.78. The zero-order valence-corrected chi connectivity index (χ0v) is 12.1. The van der Waals surface area contributed by atoms with Crippen LogP contribution in [0.4, 0.5) is 0 Å². The highest BCUT2D eigenvalue weighted by Gasteiger charge is 2.31. The lowest BCUT2D eigenvalue weighted by Crippen LogP contribution is -2.37. The fraction of sp³-hybridized carbons (Fsp3) is 0.500. The molecule has 20 heavy (non-hydrogen) atoms. The first-order valence-corrected chi connectivity index (χ1v) is 7.15. The van der Waals surface area contributed by atoms with Gasteiger partial charge in [0.1, 0.15) is 11.9 Å². The Morgan fingerprint density at radius 1 is 1.60 bits per heavy atom. The van der Waals surface area contributed by atoms with E-state index in [1.54, 1.807) is 13.8 Å². The molecule has 0 spiro atoms. The summed E-state index contributed by atoms with van der Waals surface area (Å²) >= 11 is 1.44. The first-order chi connectivity index (χ1) is 9.46. The molecule has 1 aliphatic heterocycles. The predicted octanol–water partition coefficient (Wildman–Crippen LogP) is 0.665. The molecule has 1 aromatic rings. The van der Waals surface area contributed by atoms with Gasteiger partial charge in [0.15, 0.2) is 16.7 Å². The highest BCUT2D eigenvalue weighted by Crippen LogP contribution is 2.24. The second-order valence-electron chi connectivity index (χ2n) is 4.91. The maximum Gasteiger partial charge on any atom is 0.286 e. The van der Waals surface area contributed by atoms with Crippen molar-refractivity contribution >= 4 is 23.5 Å². The average molecular weight is 296 g/mol. The van der Waals surface area contributed by atoms with E-state index < -0.39 is 5.60 Å². The molecule has 0 radical (unpaired) electrons. The number of allylic oxidation sites excluding steroid dienone is 1. The molecular weight excluding hydrogens is 280 g/mol. The summed E-state index contributed by atoms with van der Waals surface area (Å²) in [5, 5.41) is 9.84. The zero-order valence-electron chi connectivity index (χ0n) is 11.3. The lowest BCUT2D eigenvalue weighted by atomic mass is 9.98. The van der Waals surface area contributed by atoms with Crippen molar-refractivity contribution in [2.75, 3.05) is 12.3 Å². The molecule has 2 rings (SSSR count). The summed E-state index contributed by atoms with van der Waals surface area (Å²) in [4.78, 5) is 27.4. The Labute approximate surface area is 120 Å². The van der Waals surface area contributed by atoms with Crippen LogP contribution < -0.4 is 5.32 Å². The summed E-state index contributed by atoms with van der Waals surface area (Å²) < 4.78 is 5.50. The van der Waals surface area contributed by atoms with Crippen LogP contribution in [0.5, 0.6) is 0 Å². The molecule has 0 atom stereocenters. The molecule has 1 aromatic heterocycles. The van der Waals surface area contributed by atoms with Gasteiger partial charge < -0.3 is 10.1 Å². The number of carbonyl (C=O) groups is 2. The van der Waals surface area contributed by atoms with Gasteiger partial charge in [0.25, 0.3) is 5.91 Å². The standard InChI is InChI=1S/C12H16N4O3S/c1-12(2)6-8(17)5-9(19-12)10(18)13-3-4-20-11-14-7-15-16-11/h5,7H,3-4,6H2,1-2H3,(H,13,18)(H,14,15,16). The number of hydrogen-bond donors (Lipinski definition) is 2. The number of nitrogens with zero attached hydrogens (tertiary/aromatic N) is 2. The van der Waals surface area contributed by atoms with E-state index in [9.17, 15) is 9.59 Å². The number of aromatic nitrogens is 3. The van der Waals surface area contributed by atoms with Crippen molar-refractivity contribution in [3.05, 3.63) is 18.2 Å². The third-order valence-electron chi connectivity index (χ3n) is 2.52. The van der Waals surface area contributed by atoms with E-state index in [0.29, 0.717) is 17.5 Å². The van der Waals surface area contributed by atoms with E-state index in [0.717, 1.165) is 0 Å². The summed E-state index contributed by atoms with van der Waals surface area (Å²) in [7, 11) is 0. The smallest absolute Gasteiger partial charge is 0.286 e. The summed E-state index contributed by atoms with van der Waals surface area (Å²) in [6.45, 7) is 4.01. The second-order valence-corrected chi connectivity index (χ2v) is 5.99. The largest absolute Gasteiger partial charge is 0.482 e. The minimum Gasteiger partial charge on any atom is -0.482 e. The van der Waals surface area contributed by atoms with Gasteiger partial charge in [-0.1, -0.05) is 11.8 Å². The molecule has 1 aliphatic rings. The quantitative estimate of drug-likeness (QED) is 0.612. The molecule has 2 heterocycles. The average Bonchev–Trinajstić information content (AvgIpc) is 2.85. The minimum absolute atomic E-state index is 0.0796. The Morgan fingerprint density at radius 2 is 2.40 bits per heavy atom. The van der Waals surface area contributed by atoms with E-state index in [2.05, 4.69) is 20.5 Å². The number of nitrogens with one attached hydrogen (secondary N) is 2. The van der Waals surface area contributed by atoms with Gasteiger partial charge in [-0.3, -0.25) is 14.7 Å². The van der Waals surface area contributed by atoms with Gasteiger partial charge in [0.2, 0.25) is 0 Å². The van der Waals surface area contributed by atoms with E-state index in [1.807, 2.05) is 0 Å². The maximum absolute atomic E-state index is 11.9. The number of rotatable bonds is 5. The number of thioether (sulfide) groups is 1. The SMILES string of the molecule is CC1(C)CC(=O)C=C(C(=O)NCCSc2ncn[nH]2)O1. The number of H-pyrrole nitrogens is 1. The lowest BCUT2D eigenvalue weighted by Gasteiger charge is -2.29. The van der Waals surface area contributed by atoms with Crippen molar-refractivity contribution in [1.29, 1.82) is 0 Å². The number of amides is 1. The number of carbonyl (C=O) groups excluding carboxylic acids is 2. The number of ether oxygens (including phenoxy) is 1. The molecule has 0 saturated carbocycles. The molecule has 0 aliphatic carbocycles. The van der Waals surface area contributed by atoms with E-state index in [1.165, 1.54) is 24.2 Å². The summed E-state index contributed by atoms with van der Waals surface area (Å²) in [6.07, 6.45) is 2.96. The van der Waals surface area contributed by atoms with Gasteiger partial charge in [-0.25, -0.2) is 4.98 Å². The molecule has 8 heteroatoms. The first-order valence-electron chi connectivity index (χ1n) is 6.16. The van der Waals surface area contributed by atoms with Gasteiger partial charge in [0, 0.05) is 24.8 Å². The second kappa shape index (κ2) is 6.08. The number of hydrogen-bond acceptors (Lipinski definition) is 6. The van der Waals surface area contributed by atoms with Crippen LogP contribution in [-0.2, 0) is 14.3 Å². The van der Waals surface area contributed by atoms with Gasteiger partial charge in [-0.15, -0.1) is 0 Å². The van der Waals surface area contributed by atoms with Crippen molar-refractivity contribution in [3.8, 4) is 0 Å². The fourth-order valence-corrected chi connectivity index (χ4v) is 2.39. The Bertz CT molecular complexity index is 525. The number of aromatic amines is 1. The Hall–Kier alpha value is -1.83. The lowest BCUT2D eigenvalue weighted by molar-refractivity contribution is -0.130. The van der Waals surface area contributed by atoms with Gasteiger partial charge in [0.05, 0.1) is 0 Å². The zero-order chi connectivity index (χ0) is 14.6. The van der Waals surface area contributed by atoms with Crippen LogP contribution in [0.15, 0.2) is 23.3 Å². The molecule has 7 nitrogen and oxygen atoms in total. The molecule has 108 valence electrons.